The third-order valence-corrected chi connectivity index (χ3v) is 4.69. The van der Waals surface area contributed by atoms with Crippen LogP contribution in [0.15, 0.2) is 67.0 Å². The van der Waals surface area contributed by atoms with Crippen molar-refractivity contribution < 1.29 is 4.74 Å². The molecule has 0 spiro atoms. The molecule has 4 heteroatoms. The third-order valence-electron chi connectivity index (χ3n) is 4.69. The van der Waals surface area contributed by atoms with E-state index < -0.39 is 0 Å². The van der Waals surface area contributed by atoms with Crippen LogP contribution in [0.25, 0.3) is 11.1 Å². The summed E-state index contributed by atoms with van der Waals surface area (Å²) in [4.78, 5) is 2.46. The minimum atomic E-state index is 0.111. The topological polar surface area (TPSA) is 30.3 Å². The molecule has 0 amide bonds. The van der Waals surface area contributed by atoms with Crippen LogP contribution in [0.3, 0.4) is 0 Å². The Morgan fingerprint density at radius 2 is 1.92 bits per heavy atom. The van der Waals surface area contributed by atoms with Crippen molar-refractivity contribution in [3.8, 4) is 11.1 Å². The largest absolute Gasteiger partial charge is 0.371 e. The summed E-state index contributed by atoms with van der Waals surface area (Å²) < 4.78 is 7.78. The summed E-state index contributed by atoms with van der Waals surface area (Å²) in [6.45, 7) is 3.58. The Morgan fingerprint density at radius 1 is 1.08 bits per heavy atom. The number of rotatable bonds is 4. The van der Waals surface area contributed by atoms with Gasteiger partial charge < -0.3 is 4.74 Å². The van der Waals surface area contributed by atoms with Crippen molar-refractivity contribution in [3.63, 3.8) is 0 Å². The van der Waals surface area contributed by atoms with E-state index in [1.165, 1.54) is 16.7 Å². The molecule has 4 nitrogen and oxygen atoms in total. The van der Waals surface area contributed by atoms with Gasteiger partial charge in [-0.15, -0.1) is 0 Å². The molecule has 1 saturated heterocycles. The van der Waals surface area contributed by atoms with E-state index in [0.717, 1.165) is 31.8 Å². The van der Waals surface area contributed by atoms with Gasteiger partial charge in [0.15, 0.2) is 0 Å². The van der Waals surface area contributed by atoms with Crippen LogP contribution < -0.4 is 0 Å². The fraction of sp³-hybridized carbons (Fsp3) is 0.286. The van der Waals surface area contributed by atoms with Crippen LogP contribution in [-0.2, 0) is 18.3 Å². The van der Waals surface area contributed by atoms with Gasteiger partial charge in [0.25, 0.3) is 0 Å². The Balaban J connectivity index is 1.47. The van der Waals surface area contributed by atoms with E-state index in [1.54, 1.807) is 0 Å². The maximum atomic E-state index is 5.94. The first-order valence-electron chi connectivity index (χ1n) is 8.75. The van der Waals surface area contributed by atoms with Crippen molar-refractivity contribution >= 4 is 0 Å². The van der Waals surface area contributed by atoms with Crippen molar-refractivity contribution in [2.24, 2.45) is 7.05 Å². The summed E-state index contributed by atoms with van der Waals surface area (Å²) in [6.07, 6.45) is 4.06. The SMILES string of the molecule is Cn1cc(C2CN(Cc3cccc(-c4ccccc4)c3)CCO2)cn1. The molecule has 0 N–H and O–H groups in total. The van der Waals surface area contributed by atoms with E-state index in [1.807, 2.05) is 24.1 Å². The molecule has 0 aliphatic carbocycles. The first-order chi connectivity index (χ1) is 12.3. The highest BCUT2D eigenvalue weighted by Crippen LogP contribution is 2.24. The molecule has 2 aromatic carbocycles. The summed E-state index contributed by atoms with van der Waals surface area (Å²) in [7, 11) is 1.94. The van der Waals surface area contributed by atoms with Crippen LogP contribution in [0.4, 0.5) is 0 Å². The minimum absolute atomic E-state index is 0.111. The van der Waals surface area contributed by atoms with Gasteiger partial charge in [-0.3, -0.25) is 9.58 Å². The Hall–Kier alpha value is -2.43. The molecule has 1 unspecified atom stereocenters. The highest BCUT2D eigenvalue weighted by atomic mass is 16.5. The highest BCUT2D eigenvalue weighted by Gasteiger charge is 2.23. The van der Waals surface area contributed by atoms with Crippen molar-refractivity contribution in [3.05, 3.63) is 78.1 Å². The number of hydrogen-bond acceptors (Lipinski definition) is 3. The molecular weight excluding hydrogens is 310 g/mol. The zero-order chi connectivity index (χ0) is 17.1. The van der Waals surface area contributed by atoms with Crippen LogP contribution in [0.2, 0.25) is 0 Å². The molecule has 1 aliphatic heterocycles. The van der Waals surface area contributed by atoms with Gasteiger partial charge in [-0.1, -0.05) is 48.5 Å². The molecule has 4 rings (SSSR count). The van der Waals surface area contributed by atoms with Crippen LogP contribution >= 0.6 is 0 Å². The molecule has 1 aromatic heterocycles. The summed E-state index contributed by atoms with van der Waals surface area (Å²) in [5, 5.41) is 4.26. The lowest BCUT2D eigenvalue weighted by atomic mass is 10.0. The average molecular weight is 333 g/mol. The lowest BCUT2D eigenvalue weighted by Crippen LogP contribution is -2.37. The molecule has 25 heavy (non-hydrogen) atoms. The Morgan fingerprint density at radius 3 is 2.72 bits per heavy atom. The molecule has 0 bridgehead atoms. The van der Waals surface area contributed by atoms with Gasteiger partial charge in [-0.05, 0) is 22.8 Å². The Labute approximate surface area is 148 Å². The second-order valence-corrected chi connectivity index (χ2v) is 6.61. The number of aromatic nitrogens is 2. The fourth-order valence-corrected chi connectivity index (χ4v) is 3.39. The zero-order valence-electron chi connectivity index (χ0n) is 14.5. The Kier molecular flexibility index (Phi) is 4.63. The molecular formula is C21H23N3O. The van der Waals surface area contributed by atoms with E-state index in [2.05, 4.69) is 64.6 Å². The Bertz CT molecular complexity index is 828. The maximum Gasteiger partial charge on any atom is 0.0982 e. The second kappa shape index (κ2) is 7.21. The number of ether oxygens (including phenoxy) is 1. The quantitative estimate of drug-likeness (QED) is 0.730. The predicted molar refractivity (Wildman–Crippen MR) is 99.1 cm³/mol. The van der Waals surface area contributed by atoms with Crippen LogP contribution in [-0.4, -0.2) is 34.4 Å². The number of benzene rings is 2. The van der Waals surface area contributed by atoms with Gasteiger partial charge in [0.1, 0.15) is 0 Å². The van der Waals surface area contributed by atoms with Crippen LogP contribution in [0.1, 0.15) is 17.2 Å². The van der Waals surface area contributed by atoms with Crippen molar-refractivity contribution in [2.75, 3.05) is 19.7 Å². The van der Waals surface area contributed by atoms with Crippen LogP contribution in [0.5, 0.6) is 0 Å². The van der Waals surface area contributed by atoms with Crippen molar-refractivity contribution in [2.45, 2.75) is 12.6 Å². The first kappa shape index (κ1) is 16.1. The molecule has 128 valence electrons. The standard InChI is InChI=1S/C21H23N3O/c1-23-15-20(13-22-23)21-16-24(10-11-25-21)14-17-6-5-9-19(12-17)18-7-3-2-4-8-18/h2-9,12-13,15,21H,10-11,14,16H2,1H3. The van der Waals surface area contributed by atoms with Gasteiger partial charge in [0.2, 0.25) is 0 Å². The highest BCUT2D eigenvalue weighted by molar-refractivity contribution is 5.63. The lowest BCUT2D eigenvalue weighted by molar-refractivity contribution is -0.0329. The normalized spacial score (nSPS) is 18.4. The number of aryl methyl sites for hydroxylation is 1. The van der Waals surface area contributed by atoms with E-state index in [9.17, 15) is 0 Å². The van der Waals surface area contributed by atoms with Gasteiger partial charge in [0, 0.05) is 38.4 Å². The number of hydrogen-bond donors (Lipinski definition) is 0. The van der Waals surface area contributed by atoms with Crippen molar-refractivity contribution in [1.29, 1.82) is 0 Å². The van der Waals surface area contributed by atoms with E-state index >= 15 is 0 Å². The summed E-state index contributed by atoms with van der Waals surface area (Å²) in [5.41, 5.74) is 5.04. The van der Waals surface area contributed by atoms with Crippen LogP contribution in [0, 0.1) is 0 Å². The predicted octanol–water partition coefficient (Wildman–Crippen LogP) is 3.66. The molecule has 1 aliphatic rings. The summed E-state index contributed by atoms with van der Waals surface area (Å²) in [6, 6.07) is 19.4. The van der Waals surface area contributed by atoms with E-state index in [0.29, 0.717) is 0 Å². The second-order valence-electron chi connectivity index (χ2n) is 6.61. The minimum Gasteiger partial charge on any atom is -0.371 e. The monoisotopic (exact) mass is 333 g/mol. The zero-order valence-corrected chi connectivity index (χ0v) is 14.5. The fourth-order valence-electron chi connectivity index (χ4n) is 3.39. The van der Waals surface area contributed by atoms with Crippen molar-refractivity contribution in [1.82, 2.24) is 14.7 Å². The molecule has 2 heterocycles. The average Bonchev–Trinajstić information content (AvgIpc) is 3.09. The molecule has 1 atom stereocenters. The smallest absolute Gasteiger partial charge is 0.0982 e. The van der Waals surface area contributed by atoms with Gasteiger partial charge in [0.05, 0.1) is 18.9 Å². The summed E-state index contributed by atoms with van der Waals surface area (Å²) in [5.74, 6) is 0. The summed E-state index contributed by atoms with van der Waals surface area (Å²) >= 11 is 0. The molecule has 3 aromatic rings. The maximum absolute atomic E-state index is 5.94. The molecule has 1 fully saturated rings. The molecule has 0 radical (unpaired) electrons. The van der Waals surface area contributed by atoms with Gasteiger partial charge in [-0.25, -0.2) is 0 Å². The molecule has 0 saturated carbocycles. The van der Waals surface area contributed by atoms with Gasteiger partial charge in [-0.2, -0.15) is 5.10 Å². The van der Waals surface area contributed by atoms with Gasteiger partial charge >= 0.3 is 0 Å². The number of nitrogens with zero attached hydrogens (tertiary/aromatic N) is 3. The van der Waals surface area contributed by atoms with E-state index in [-0.39, 0.29) is 6.10 Å². The lowest BCUT2D eigenvalue weighted by Gasteiger charge is -2.32. The van der Waals surface area contributed by atoms with E-state index in [4.69, 9.17) is 4.74 Å². The first-order valence-corrected chi connectivity index (χ1v) is 8.75. The number of morpholine rings is 1. The third kappa shape index (κ3) is 3.81.